The molecule has 4 rings (SSSR count). The molecule has 0 aliphatic carbocycles. The van der Waals surface area contributed by atoms with E-state index in [9.17, 15) is 9.18 Å². The molecule has 0 radical (unpaired) electrons. The van der Waals surface area contributed by atoms with Gasteiger partial charge in [-0.1, -0.05) is 17.3 Å². The van der Waals surface area contributed by atoms with Crippen molar-refractivity contribution in [2.24, 2.45) is 0 Å². The summed E-state index contributed by atoms with van der Waals surface area (Å²) < 4.78 is 24.6. The molecule has 144 valence electrons. The minimum absolute atomic E-state index is 0.0444. The van der Waals surface area contributed by atoms with Crippen LogP contribution in [0.3, 0.4) is 0 Å². The van der Waals surface area contributed by atoms with Gasteiger partial charge in [0.25, 0.3) is 5.89 Å². The third kappa shape index (κ3) is 3.35. The number of nitrogens with zero attached hydrogens (tertiary/aromatic N) is 3. The van der Waals surface area contributed by atoms with Crippen LogP contribution in [0, 0.1) is 12.7 Å². The first kappa shape index (κ1) is 18.2. The van der Waals surface area contributed by atoms with Crippen molar-refractivity contribution in [1.29, 1.82) is 0 Å². The summed E-state index contributed by atoms with van der Waals surface area (Å²) in [6, 6.07) is 12.1. The smallest absolute Gasteiger partial charge is 0.261 e. The first-order chi connectivity index (χ1) is 13.6. The fraction of sp³-hybridized carbons (Fsp3) is 0.286. The zero-order valence-electron chi connectivity index (χ0n) is 15.7. The van der Waals surface area contributed by atoms with Gasteiger partial charge in [-0.25, -0.2) is 4.39 Å². The summed E-state index contributed by atoms with van der Waals surface area (Å²) in [5, 5.41) is 4.09. The third-order valence-corrected chi connectivity index (χ3v) is 4.80. The molecule has 2 aromatic carbocycles. The number of halogens is 1. The Bertz CT molecular complexity index is 1020. The third-order valence-electron chi connectivity index (χ3n) is 4.80. The summed E-state index contributed by atoms with van der Waals surface area (Å²) in [5.41, 5.74) is 1.90. The van der Waals surface area contributed by atoms with Gasteiger partial charge in [-0.05, 0) is 49.7 Å². The second-order valence-electron chi connectivity index (χ2n) is 6.73. The van der Waals surface area contributed by atoms with Crippen molar-refractivity contribution < 1.29 is 18.4 Å². The van der Waals surface area contributed by atoms with Gasteiger partial charge in [0.2, 0.25) is 5.91 Å². The monoisotopic (exact) mass is 381 g/mol. The molecule has 1 amide bonds. The zero-order valence-corrected chi connectivity index (χ0v) is 15.7. The summed E-state index contributed by atoms with van der Waals surface area (Å²) in [6.45, 7) is 4.54. The molecular formula is C21H20FN3O3. The number of hydrogen-bond acceptors (Lipinski definition) is 5. The molecule has 1 fully saturated rings. The fourth-order valence-electron chi connectivity index (χ4n) is 3.36. The molecule has 0 spiro atoms. The Hall–Kier alpha value is -3.22. The largest absolute Gasteiger partial charge is 0.493 e. The quantitative estimate of drug-likeness (QED) is 0.665. The van der Waals surface area contributed by atoms with Crippen LogP contribution in [0.4, 0.5) is 10.1 Å². The number of carbonyl (C=O) groups is 1. The van der Waals surface area contributed by atoms with Gasteiger partial charge < -0.3 is 14.2 Å². The summed E-state index contributed by atoms with van der Waals surface area (Å²) in [7, 11) is 0. The molecule has 1 aromatic heterocycles. The Morgan fingerprint density at radius 1 is 1.29 bits per heavy atom. The molecule has 2 heterocycles. The van der Waals surface area contributed by atoms with Crippen LogP contribution in [-0.2, 0) is 4.79 Å². The van der Waals surface area contributed by atoms with E-state index in [1.807, 2.05) is 31.2 Å². The predicted octanol–water partition coefficient (Wildman–Crippen LogP) is 4.10. The second-order valence-corrected chi connectivity index (χ2v) is 6.73. The lowest BCUT2D eigenvalue weighted by atomic mass is 10.1. The van der Waals surface area contributed by atoms with Gasteiger partial charge in [-0.2, -0.15) is 4.98 Å². The molecule has 7 heteroatoms. The van der Waals surface area contributed by atoms with Crippen LogP contribution in [0.5, 0.6) is 5.75 Å². The van der Waals surface area contributed by atoms with Crippen molar-refractivity contribution in [2.45, 2.75) is 26.2 Å². The van der Waals surface area contributed by atoms with Gasteiger partial charge in [-0.3, -0.25) is 4.79 Å². The molecule has 1 atom stereocenters. The Balaban J connectivity index is 1.57. The highest BCUT2D eigenvalue weighted by atomic mass is 19.1. The number of hydrogen-bond donors (Lipinski definition) is 0. The summed E-state index contributed by atoms with van der Waals surface area (Å²) in [6.07, 6.45) is 0.280. The number of para-hydroxylation sites is 1. The van der Waals surface area contributed by atoms with Gasteiger partial charge >= 0.3 is 0 Å². The van der Waals surface area contributed by atoms with Crippen LogP contribution in [0.15, 0.2) is 47.0 Å². The van der Waals surface area contributed by atoms with Crippen molar-refractivity contribution in [3.63, 3.8) is 0 Å². The highest BCUT2D eigenvalue weighted by Crippen LogP contribution is 2.34. The topological polar surface area (TPSA) is 68.5 Å². The SMILES string of the molecule is CCOc1ccccc1-c1nc(C2CC(=O)N(c3ccc(F)c(C)c3)C2)no1. The standard InChI is InChI=1S/C21H20FN3O3/c1-3-27-18-7-5-4-6-16(18)21-23-20(24-28-21)14-11-19(26)25(12-14)15-8-9-17(22)13(2)10-15/h4-10,14H,3,11-12H2,1-2H3. The first-order valence-electron chi connectivity index (χ1n) is 9.19. The van der Waals surface area contributed by atoms with E-state index in [1.165, 1.54) is 6.07 Å². The van der Waals surface area contributed by atoms with Crippen LogP contribution < -0.4 is 9.64 Å². The molecule has 1 aliphatic heterocycles. The molecule has 28 heavy (non-hydrogen) atoms. The number of carbonyl (C=O) groups excluding carboxylic acids is 1. The summed E-state index contributed by atoms with van der Waals surface area (Å²) >= 11 is 0. The van der Waals surface area contributed by atoms with Crippen LogP contribution in [0.25, 0.3) is 11.5 Å². The number of aromatic nitrogens is 2. The zero-order chi connectivity index (χ0) is 19.7. The summed E-state index contributed by atoms with van der Waals surface area (Å²) in [4.78, 5) is 18.6. The average Bonchev–Trinajstić information content (AvgIpc) is 3.32. The Kier molecular flexibility index (Phi) is 4.81. The number of ether oxygens (including phenoxy) is 1. The highest BCUT2D eigenvalue weighted by Gasteiger charge is 2.35. The van der Waals surface area contributed by atoms with E-state index in [4.69, 9.17) is 9.26 Å². The maximum atomic E-state index is 13.5. The lowest BCUT2D eigenvalue weighted by Crippen LogP contribution is -2.24. The molecule has 3 aromatic rings. The van der Waals surface area contributed by atoms with Crippen molar-refractivity contribution in [1.82, 2.24) is 10.1 Å². The molecule has 0 N–H and O–H groups in total. The molecule has 1 unspecified atom stereocenters. The lowest BCUT2D eigenvalue weighted by molar-refractivity contribution is -0.117. The molecule has 0 bridgehead atoms. The van der Waals surface area contributed by atoms with Crippen molar-refractivity contribution in [2.75, 3.05) is 18.1 Å². The van der Waals surface area contributed by atoms with Crippen molar-refractivity contribution in [3.05, 3.63) is 59.7 Å². The van der Waals surface area contributed by atoms with E-state index < -0.39 is 0 Å². The van der Waals surface area contributed by atoms with Gasteiger partial charge in [0, 0.05) is 24.6 Å². The number of rotatable bonds is 5. The van der Waals surface area contributed by atoms with E-state index in [1.54, 1.807) is 24.0 Å². The maximum Gasteiger partial charge on any atom is 0.261 e. The summed E-state index contributed by atoms with van der Waals surface area (Å²) in [5.74, 6) is 0.999. The lowest BCUT2D eigenvalue weighted by Gasteiger charge is -2.16. The van der Waals surface area contributed by atoms with Crippen LogP contribution >= 0.6 is 0 Å². The molecule has 1 aliphatic rings. The fourth-order valence-corrected chi connectivity index (χ4v) is 3.36. The van der Waals surface area contributed by atoms with Crippen LogP contribution in [0.1, 0.15) is 30.7 Å². The Labute approximate surface area is 161 Å². The molecular weight excluding hydrogens is 361 g/mol. The highest BCUT2D eigenvalue weighted by molar-refractivity contribution is 5.96. The van der Waals surface area contributed by atoms with Crippen molar-refractivity contribution in [3.8, 4) is 17.2 Å². The van der Waals surface area contributed by atoms with E-state index >= 15 is 0 Å². The number of benzene rings is 2. The van der Waals surface area contributed by atoms with Gasteiger partial charge in [-0.15, -0.1) is 0 Å². The average molecular weight is 381 g/mol. The Morgan fingerprint density at radius 3 is 2.89 bits per heavy atom. The molecule has 1 saturated heterocycles. The number of amides is 1. The minimum atomic E-state index is -0.289. The normalized spacial score (nSPS) is 16.6. The van der Waals surface area contributed by atoms with Crippen molar-refractivity contribution >= 4 is 11.6 Å². The Morgan fingerprint density at radius 2 is 2.11 bits per heavy atom. The maximum absolute atomic E-state index is 13.5. The first-order valence-corrected chi connectivity index (χ1v) is 9.19. The molecule has 0 saturated carbocycles. The van der Waals surface area contributed by atoms with E-state index in [0.717, 1.165) is 5.56 Å². The number of anilines is 1. The van der Waals surface area contributed by atoms with Gasteiger partial charge in [0.1, 0.15) is 11.6 Å². The van der Waals surface area contributed by atoms with Gasteiger partial charge in [0.05, 0.1) is 12.2 Å². The van der Waals surface area contributed by atoms with Crippen LogP contribution in [0.2, 0.25) is 0 Å². The second kappa shape index (κ2) is 7.42. The van der Waals surface area contributed by atoms with Gasteiger partial charge in [0.15, 0.2) is 5.82 Å². The van der Waals surface area contributed by atoms with E-state index in [-0.39, 0.29) is 24.1 Å². The van der Waals surface area contributed by atoms with Crippen LogP contribution in [-0.4, -0.2) is 29.2 Å². The number of aryl methyl sites for hydroxylation is 1. The van der Waals surface area contributed by atoms with E-state index in [2.05, 4.69) is 10.1 Å². The van der Waals surface area contributed by atoms with E-state index in [0.29, 0.717) is 41.9 Å². The molecule has 6 nitrogen and oxygen atoms in total. The minimum Gasteiger partial charge on any atom is -0.493 e. The predicted molar refractivity (Wildman–Crippen MR) is 102 cm³/mol.